The molecule has 6 nitrogen and oxygen atoms in total. The predicted molar refractivity (Wildman–Crippen MR) is 113 cm³/mol. The third kappa shape index (κ3) is 3.61. The number of hydrogen-bond acceptors (Lipinski definition) is 6. The summed E-state index contributed by atoms with van der Waals surface area (Å²) in [6.45, 7) is 0.373. The summed E-state index contributed by atoms with van der Waals surface area (Å²) in [5, 5.41) is 21.1. The van der Waals surface area contributed by atoms with Crippen LogP contribution >= 0.6 is 23.4 Å². The number of fused-ring (bicyclic) bond motifs is 1. The third-order valence-electron chi connectivity index (χ3n) is 5.07. The second-order valence-corrected chi connectivity index (χ2v) is 8.14. The standard InChI is InChI=1S/C21H18ClN3O3S/c1-28-19-7-13(5-6-18(19)26)16-9-20(27)25-11-24(12-29-21(25)17(16)10-23)15-4-2-3-14(22)8-15/h2-8,16,26H,9,11-12H2,1H3. The van der Waals surface area contributed by atoms with E-state index in [1.54, 1.807) is 17.0 Å². The van der Waals surface area contributed by atoms with E-state index in [0.717, 1.165) is 11.3 Å². The molecule has 2 aromatic rings. The molecule has 0 aliphatic carbocycles. The zero-order chi connectivity index (χ0) is 20.5. The molecule has 29 heavy (non-hydrogen) atoms. The van der Waals surface area contributed by atoms with E-state index in [1.165, 1.54) is 24.9 Å². The number of amides is 1. The number of phenolic OH excluding ortho intramolecular Hbond substituents is 1. The van der Waals surface area contributed by atoms with Gasteiger partial charge in [0.25, 0.3) is 0 Å². The fraction of sp³-hybridized carbons (Fsp3) is 0.238. The van der Waals surface area contributed by atoms with Crippen LogP contribution in [-0.2, 0) is 4.79 Å². The van der Waals surface area contributed by atoms with Gasteiger partial charge in [-0.3, -0.25) is 9.69 Å². The Balaban J connectivity index is 1.68. The maximum atomic E-state index is 13.0. The average Bonchev–Trinajstić information content (AvgIpc) is 2.74. The van der Waals surface area contributed by atoms with E-state index in [-0.39, 0.29) is 24.0 Å². The Morgan fingerprint density at radius 2 is 2.14 bits per heavy atom. The summed E-state index contributed by atoms with van der Waals surface area (Å²) in [7, 11) is 1.47. The molecule has 0 aromatic heterocycles. The van der Waals surface area contributed by atoms with Crippen LogP contribution in [0.3, 0.4) is 0 Å². The number of benzene rings is 2. The summed E-state index contributed by atoms with van der Waals surface area (Å²) < 4.78 is 5.18. The van der Waals surface area contributed by atoms with Crippen LogP contribution in [0.4, 0.5) is 5.69 Å². The first-order chi connectivity index (χ1) is 14.0. The first-order valence-electron chi connectivity index (χ1n) is 8.96. The lowest BCUT2D eigenvalue weighted by Crippen LogP contribution is -2.47. The number of carbonyl (C=O) groups excluding carboxylic acids is 1. The number of rotatable bonds is 3. The van der Waals surface area contributed by atoms with Crippen LogP contribution in [-0.4, -0.2) is 35.6 Å². The van der Waals surface area contributed by atoms with Gasteiger partial charge in [-0.05, 0) is 35.9 Å². The van der Waals surface area contributed by atoms with Crippen molar-refractivity contribution in [3.63, 3.8) is 0 Å². The minimum Gasteiger partial charge on any atom is -0.504 e. The molecule has 1 unspecified atom stereocenters. The van der Waals surface area contributed by atoms with Crippen molar-refractivity contribution < 1.29 is 14.6 Å². The Morgan fingerprint density at radius 1 is 1.31 bits per heavy atom. The van der Waals surface area contributed by atoms with E-state index in [4.69, 9.17) is 16.3 Å². The molecule has 2 aliphatic rings. The number of hydrogen-bond donors (Lipinski definition) is 1. The van der Waals surface area contributed by atoms with Crippen LogP contribution in [0.25, 0.3) is 0 Å². The summed E-state index contributed by atoms with van der Waals surface area (Å²) >= 11 is 7.57. The van der Waals surface area contributed by atoms with Gasteiger partial charge in [0.15, 0.2) is 11.5 Å². The highest BCUT2D eigenvalue weighted by molar-refractivity contribution is 8.03. The number of methoxy groups -OCH3 is 1. The topological polar surface area (TPSA) is 76.8 Å². The largest absolute Gasteiger partial charge is 0.504 e. The molecule has 0 radical (unpaired) electrons. The van der Waals surface area contributed by atoms with Gasteiger partial charge in [-0.25, -0.2) is 0 Å². The van der Waals surface area contributed by atoms with E-state index in [1.807, 2.05) is 24.3 Å². The number of carbonyl (C=O) groups is 1. The summed E-state index contributed by atoms with van der Waals surface area (Å²) in [5.41, 5.74) is 2.27. The van der Waals surface area contributed by atoms with Gasteiger partial charge in [0, 0.05) is 23.0 Å². The van der Waals surface area contributed by atoms with Crippen LogP contribution in [0.5, 0.6) is 11.5 Å². The Bertz CT molecular complexity index is 1050. The first-order valence-corrected chi connectivity index (χ1v) is 10.3. The minimum absolute atomic E-state index is 0.0235. The molecule has 148 valence electrons. The van der Waals surface area contributed by atoms with Crippen molar-refractivity contribution in [3.8, 4) is 17.6 Å². The average molecular weight is 428 g/mol. The van der Waals surface area contributed by atoms with Gasteiger partial charge in [0.05, 0.1) is 36.3 Å². The quantitative estimate of drug-likeness (QED) is 0.788. The summed E-state index contributed by atoms with van der Waals surface area (Å²) in [6, 6.07) is 14.8. The van der Waals surface area contributed by atoms with Crippen LogP contribution in [0.2, 0.25) is 5.02 Å². The zero-order valence-corrected chi connectivity index (χ0v) is 17.2. The fourth-order valence-electron chi connectivity index (χ4n) is 3.59. The van der Waals surface area contributed by atoms with E-state index < -0.39 is 0 Å². The predicted octanol–water partition coefficient (Wildman–Crippen LogP) is 4.27. The Kier molecular flexibility index (Phi) is 5.31. The first kappa shape index (κ1) is 19.5. The van der Waals surface area contributed by atoms with E-state index in [0.29, 0.717) is 33.9 Å². The van der Waals surface area contributed by atoms with Crippen LogP contribution < -0.4 is 9.64 Å². The molecule has 2 heterocycles. The SMILES string of the molecule is COc1cc(C2CC(=O)N3CN(c4cccc(Cl)c4)CSC3=C2C#N)ccc1O. The van der Waals surface area contributed by atoms with Gasteiger partial charge in [0.2, 0.25) is 5.91 Å². The van der Waals surface area contributed by atoms with Crippen molar-refractivity contribution in [2.75, 3.05) is 24.6 Å². The fourth-order valence-corrected chi connectivity index (χ4v) is 4.95. The van der Waals surface area contributed by atoms with Gasteiger partial charge in [-0.2, -0.15) is 5.26 Å². The normalized spacial score (nSPS) is 19.1. The molecule has 0 saturated carbocycles. The van der Waals surface area contributed by atoms with Crippen LogP contribution in [0.1, 0.15) is 17.9 Å². The number of halogens is 1. The van der Waals surface area contributed by atoms with Crippen molar-refractivity contribution in [1.29, 1.82) is 5.26 Å². The molecule has 8 heteroatoms. The van der Waals surface area contributed by atoms with Crippen molar-refractivity contribution in [3.05, 3.63) is 63.7 Å². The van der Waals surface area contributed by atoms with Gasteiger partial charge >= 0.3 is 0 Å². The molecule has 1 atom stereocenters. The zero-order valence-electron chi connectivity index (χ0n) is 15.6. The van der Waals surface area contributed by atoms with Crippen molar-refractivity contribution in [1.82, 2.24) is 4.90 Å². The smallest absolute Gasteiger partial charge is 0.229 e. The van der Waals surface area contributed by atoms with Crippen molar-refractivity contribution in [2.24, 2.45) is 0 Å². The Morgan fingerprint density at radius 3 is 2.86 bits per heavy atom. The lowest BCUT2D eigenvalue weighted by Gasteiger charge is -2.42. The molecular formula is C21H18ClN3O3S. The van der Waals surface area contributed by atoms with Crippen LogP contribution in [0, 0.1) is 11.3 Å². The molecule has 1 fully saturated rings. The Hall–Kier alpha value is -2.82. The second kappa shape index (κ2) is 7.90. The van der Waals surface area contributed by atoms with Crippen molar-refractivity contribution in [2.45, 2.75) is 12.3 Å². The molecule has 4 rings (SSSR count). The number of phenols is 1. The van der Waals surface area contributed by atoms with Crippen molar-refractivity contribution >= 4 is 35.0 Å². The van der Waals surface area contributed by atoms with Gasteiger partial charge in [-0.15, -0.1) is 0 Å². The maximum Gasteiger partial charge on any atom is 0.229 e. The number of aromatic hydroxyl groups is 1. The minimum atomic E-state index is -0.363. The molecular weight excluding hydrogens is 410 g/mol. The number of allylic oxidation sites excluding steroid dienone is 1. The number of nitriles is 1. The molecule has 0 bridgehead atoms. The Labute approximate surface area is 177 Å². The second-order valence-electron chi connectivity index (χ2n) is 6.77. The third-order valence-corrected chi connectivity index (χ3v) is 6.46. The van der Waals surface area contributed by atoms with E-state index in [2.05, 4.69) is 11.0 Å². The number of ether oxygens (including phenoxy) is 1. The lowest BCUT2D eigenvalue weighted by molar-refractivity contribution is -0.129. The highest BCUT2D eigenvalue weighted by atomic mass is 35.5. The maximum absolute atomic E-state index is 13.0. The lowest BCUT2D eigenvalue weighted by atomic mass is 9.86. The molecule has 1 saturated heterocycles. The van der Waals surface area contributed by atoms with Crippen LogP contribution in [0.15, 0.2) is 53.1 Å². The highest BCUT2D eigenvalue weighted by Crippen LogP contribution is 2.44. The molecule has 2 aromatic carbocycles. The monoisotopic (exact) mass is 427 g/mol. The number of thioether (sulfide) groups is 1. The number of nitrogens with zero attached hydrogens (tertiary/aromatic N) is 3. The van der Waals surface area contributed by atoms with Gasteiger partial charge < -0.3 is 14.7 Å². The van der Waals surface area contributed by atoms with E-state index >= 15 is 0 Å². The molecule has 0 spiro atoms. The highest BCUT2D eigenvalue weighted by Gasteiger charge is 2.38. The molecule has 2 aliphatic heterocycles. The van der Waals surface area contributed by atoms with Gasteiger partial charge in [0.1, 0.15) is 0 Å². The van der Waals surface area contributed by atoms with Gasteiger partial charge in [-0.1, -0.05) is 35.5 Å². The molecule has 1 amide bonds. The molecule has 1 N–H and O–H groups in total. The number of anilines is 1. The summed E-state index contributed by atoms with van der Waals surface area (Å²) in [4.78, 5) is 16.7. The summed E-state index contributed by atoms with van der Waals surface area (Å²) in [5.74, 6) is 0.545. The summed E-state index contributed by atoms with van der Waals surface area (Å²) in [6.07, 6.45) is 0.185. The van der Waals surface area contributed by atoms with E-state index in [9.17, 15) is 15.2 Å².